The molecule has 0 aromatic heterocycles. The summed E-state index contributed by atoms with van der Waals surface area (Å²) in [6, 6.07) is 36.0. The monoisotopic (exact) mass is 616 g/mol. The summed E-state index contributed by atoms with van der Waals surface area (Å²) < 4.78 is 13.0. The number of hydrogen-bond acceptors (Lipinski definition) is 2. The average molecular weight is 616 g/mol. The van der Waals surface area contributed by atoms with Crippen LogP contribution in [0.4, 0.5) is 0 Å². The molecule has 2 nitrogen and oxygen atoms in total. The lowest BCUT2D eigenvalue weighted by Gasteiger charge is -2.32. The Kier molecular flexibility index (Phi) is 7.11. The highest BCUT2D eigenvalue weighted by Crippen LogP contribution is 2.46. The smallest absolute Gasteiger partial charge is 0.399 e. The molecule has 228 valence electrons. The van der Waals surface area contributed by atoms with E-state index in [4.69, 9.17) is 9.31 Å². The second-order valence-electron chi connectivity index (χ2n) is 14.9. The van der Waals surface area contributed by atoms with Gasteiger partial charge in [0.2, 0.25) is 0 Å². The Hall–Kier alpha value is -4.11. The highest BCUT2D eigenvalue weighted by molar-refractivity contribution is 6.69. The standard InChI is InChI=1S/C40H38B6O2/c1-39(2)40(3,4)48-46(47-39)22-17-18-23-21(19-22)20-30(25-12-6-5-11-24(23)25)31-26-13-7-9-15-28(26)32(29-16-10-8-14-27(29)31)33-34(41)36(43)38(45)37(44)35(33)42/h5-20H,41-45H2,1-4H3. The van der Waals surface area contributed by atoms with E-state index in [2.05, 4.69) is 164 Å². The molecular formula is C40H38B6O2. The summed E-state index contributed by atoms with van der Waals surface area (Å²) in [4.78, 5) is 0. The first-order chi connectivity index (χ1) is 22.9. The van der Waals surface area contributed by atoms with E-state index in [0.29, 0.717) is 0 Å². The molecule has 1 aliphatic rings. The summed E-state index contributed by atoms with van der Waals surface area (Å²) in [5.74, 6) is 0. The molecule has 0 atom stereocenters. The lowest BCUT2D eigenvalue weighted by molar-refractivity contribution is 0.00578. The van der Waals surface area contributed by atoms with Crippen LogP contribution >= 0.6 is 0 Å². The lowest BCUT2D eigenvalue weighted by atomic mass is 9.59. The highest BCUT2D eigenvalue weighted by Gasteiger charge is 2.51. The van der Waals surface area contributed by atoms with Gasteiger partial charge in [-0.05, 0) is 105 Å². The van der Waals surface area contributed by atoms with E-state index in [1.165, 1.54) is 92.7 Å². The maximum Gasteiger partial charge on any atom is 0.494 e. The molecule has 48 heavy (non-hydrogen) atoms. The van der Waals surface area contributed by atoms with Crippen LogP contribution in [-0.4, -0.2) is 57.6 Å². The first kappa shape index (κ1) is 31.2. The van der Waals surface area contributed by atoms with Gasteiger partial charge in [0, 0.05) is 0 Å². The quantitative estimate of drug-likeness (QED) is 0.169. The third-order valence-corrected chi connectivity index (χ3v) is 11.9. The van der Waals surface area contributed by atoms with Crippen LogP contribution in [0.1, 0.15) is 27.7 Å². The van der Waals surface area contributed by atoms with E-state index in [1.807, 2.05) is 0 Å². The van der Waals surface area contributed by atoms with E-state index in [-0.39, 0.29) is 0 Å². The maximum absolute atomic E-state index is 6.49. The van der Waals surface area contributed by atoms with Gasteiger partial charge in [0.05, 0.1) is 11.2 Å². The minimum Gasteiger partial charge on any atom is -0.399 e. The first-order valence-corrected chi connectivity index (χ1v) is 17.2. The van der Waals surface area contributed by atoms with Crippen LogP contribution in [0.5, 0.6) is 0 Å². The van der Waals surface area contributed by atoms with Gasteiger partial charge in [0.25, 0.3) is 0 Å². The van der Waals surface area contributed by atoms with Crippen LogP contribution in [0, 0.1) is 0 Å². The molecule has 1 aliphatic heterocycles. The molecule has 7 aromatic carbocycles. The fourth-order valence-corrected chi connectivity index (χ4v) is 8.03. The molecule has 7 aromatic rings. The molecule has 8 rings (SSSR count). The summed E-state index contributed by atoms with van der Waals surface area (Å²) in [5.41, 5.74) is 12.3. The average Bonchev–Trinajstić information content (AvgIpc) is 3.31. The number of benzene rings is 7. The largest absolute Gasteiger partial charge is 0.494 e. The van der Waals surface area contributed by atoms with Crippen molar-refractivity contribution in [1.29, 1.82) is 0 Å². The van der Waals surface area contributed by atoms with Crippen LogP contribution in [-0.2, 0) is 9.31 Å². The maximum atomic E-state index is 6.49. The normalized spacial score (nSPS) is 15.6. The molecule has 0 bridgehead atoms. The van der Waals surface area contributed by atoms with Crippen molar-refractivity contribution in [2.45, 2.75) is 38.9 Å². The Balaban J connectivity index is 1.47. The fraction of sp³-hybridized carbons (Fsp3) is 0.150. The molecule has 1 heterocycles. The number of rotatable bonds is 3. The van der Waals surface area contributed by atoms with Crippen molar-refractivity contribution >= 4 is 122 Å². The Morgan fingerprint density at radius 2 is 0.875 bits per heavy atom. The molecule has 1 fully saturated rings. The van der Waals surface area contributed by atoms with Crippen molar-refractivity contribution in [1.82, 2.24) is 0 Å². The van der Waals surface area contributed by atoms with Gasteiger partial charge in [0.15, 0.2) is 0 Å². The van der Waals surface area contributed by atoms with Crippen molar-refractivity contribution in [3.05, 3.63) is 97.1 Å². The Bertz CT molecular complexity index is 2380. The second-order valence-corrected chi connectivity index (χ2v) is 14.9. The Morgan fingerprint density at radius 1 is 0.438 bits per heavy atom. The molecule has 0 unspecified atom stereocenters. The van der Waals surface area contributed by atoms with Crippen LogP contribution < -0.4 is 32.8 Å². The van der Waals surface area contributed by atoms with Gasteiger partial charge in [-0.2, -0.15) is 0 Å². The molecule has 0 spiro atoms. The van der Waals surface area contributed by atoms with Crippen molar-refractivity contribution in [2.24, 2.45) is 0 Å². The number of fused-ring (bicyclic) bond motifs is 5. The van der Waals surface area contributed by atoms with E-state index in [0.717, 1.165) is 5.46 Å². The molecule has 0 radical (unpaired) electrons. The number of hydrogen-bond donors (Lipinski definition) is 0. The summed E-state index contributed by atoms with van der Waals surface area (Å²) >= 11 is 0. The van der Waals surface area contributed by atoms with Gasteiger partial charge in [-0.1, -0.05) is 102 Å². The SMILES string of the molecule is Bc1c(B)c(B)c(-c2c3ccccc3c(-c3cc4cc(B5OC(C)(C)C(C)(C)O5)ccc4c4ccccc34)c3ccccc23)c(B)c1B. The zero-order valence-corrected chi connectivity index (χ0v) is 29.6. The topological polar surface area (TPSA) is 18.5 Å². The van der Waals surface area contributed by atoms with Gasteiger partial charge in [-0.25, -0.2) is 0 Å². The first-order valence-electron chi connectivity index (χ1n) is 17.2. The predicted octanol–water partition coefficient (Wildman–Crippen LogP) is 1.22. The zero-order chi connectivity index (χ0) is 33.7. The molecule has 0 saturated carbocycles. The van der Waals surface area contributed by atoms with E-state index in [9.17, 15) is 0 Å². The summed E-state index contributed by atoms with van der Waals surface area (Å²) in [5, 5.41) is 10.0. The fourth-order valence-electron chi connectivity index (χ4n) is 8.03. The summed E-state index contributed by atoms with van der Waals surface area (Å²) in [7, 11) is 11.0. The van der Waals surface area contributed by atoms with Gasteiger partial charge in [-0.15, -0.1) is 16.4 Å². The van der Waals surface area contributed by atoms with Gasteiger partial charge >= 0.3 is 7.12 Å². The van der Waals surface area contributed by atoms with Gasteiger partial charge in [-0.3, -0.25) is 0 Å². The van der Waals surface area contributed by atoms with Crippen molar-refractivity contribution in [3.8, 4) is 22.3 Å². The third-order valence-electron chi connectivity index (χ3n) is 11.9. The minimum atomic E-state index is -0.414. The van der Waals surface area contributed by atoms with Crippen LogP contribution in [0.25, 0.3) is 65.3 Å². The van der Waals surface area contributed by atoms with Crippen molar-refractivity contribution in [2.75, 3.05) is 0 Å². The predicted molar refractivity (Wildman–Crippen MR) is 224 cm³/mol. The molecule has 0 N–H and O–H groups in total. The van der Waals surface area contributed by atoms with Crippen LogP contribution in [0.15, 0.2) is 97.1 Å². The highest BCUT2D eigenvalue weighted by atomic mass is 16.7. The molecule has 0 aliphatic carbocycles. The van der Waals surface area contributed by atoms with Crippen molar-refractivity contribution in [3.63, 3.8) is 0 Å². The van der Waals surface area contributed by atoms with E-state index < -0.39 is 18.3 Å². The van der Waals surface area contributed by atoms with Crippen LogP contribution in [0.2, 0.25) is 0 Å². The Morgan fingerprint density at radius 3 is 1.40 bits per heavy atom. The lowest BCUT2D eigenvalue weighted by Crippen LogP contribution is -2.55. The second kappa shape index (κ2) is 11.0. The van der Waals surface area contributed by atoms with Crippen LogP contribution in [0.3, 0.4) is 0 Å². The van der Waals surface area contributed by atoms with E-state index in [1.54, 1.807) is 0 Å². The molecule has 8 heteroatoms. The third kappa shape index (κ3) is 4.49. The minimum absolute atomic E-state index is 0.397. The van der Waals surface area contributed by atoms with Gasteiger partial charge in [0.1, 0.15) is 39.2 Å². The molecule has 1 saturated heterocycles. The Labute approximate surface area is 288 Å². The molecule has 0 amide bonds. The van der Waals surface area contributed by atoms with Crippen molar-refractivity contribution < 1.29 is 9.31 Å². The van der Waals surface area contributed by atoms with E-state index >= 15 is 0 Å². The zero-order valence-electron chi connectivity index (χ0n) is 29.6. The molecular weight excluding hydrogens is 577 g/mol. The summed E-state index contributed by atoms with van der Waals surface area (Å²) in [6.45, 7) is 8.45. The van der Waals surface area contributed by atoms with Gasteiger partial charge < -0.3 is 9.31 Å². The summed E-state index contributed by atoms with van der Waals surface area (Å²) in [6.07, 6.45) is 0.